The highest BCUT2D eigenvalue weighted by molar-refractivity contribution is 7.89. The van der Waals surface area contributed by atoms with Gasteiger partial charge in [0, 0.05) is 26.2 Å². The van der Waals surface area contributed by atoms with Crippen molar-refractivity contribution in [1.29, 1.82) is 0 Å². The Bertz CT molecular complexity index is 730. The van der Waals surface area contributed by atoms with Crippen LogP contribution in [0.2, 0.25) is 0 Å². The van der Waals surface area contributed by atoms with E-state index in [1.165, 1.54) is 0 Å². The third-order valence-electron chi connectivity index (χ3n) is 4.47. The maximum atomic E-state index is 13.0. The summed E-state index contributed by atoms with van der Waals surface area (Å²) < 4.78 is 33.0. The van der Waals surface area contributed by atoms with Gasteiger partial charge in [0.1, 0.15) is 5.75 Å². The molecule has 152 valence electrons. The van der Waals surface area contributed by atoms with Gasteiger partial charge in [-0.05, 0) is 57.4 Å². The number of methoxy groups -OCH3 is 1. The van der Waals surface area contributed by atoms with E-state index in [-0.39, 0.29) is 4.90 Å². The van der Waals surface area contributed by atoms with Crippen LogP contribution in [0, 0.1) is 0 Å². The van der Waals surface area contributed by atoms with Crippen molar-refractivity contribution in [3.63, 3.8) is 0 Å². The SMILES string of the molecule is COc1ccc(S(=O)(=O)N2CCCCCC2)cc1NC(=S)NCCN(C)C. The lowest BCUT2D eigenvalue weighted by Gasteiger charge is -2.21. The van der Waals surface area contributed by atoms with E-state index in [2.05, 4.69) is 10.6 Å². The molecule has 2 N–H and O–H groups in total. The molecule has 0 aliphatic carbocycles. The highest BCUT2D eigenvalue weighted by Gasteiger charge is 2.26. The maximum Gasteiger partial charge on any atom is 0.243 e. The minimum Gasteiger partial charge on any atom is -0.495 e. The molecule has 1 aromatic carbocycles. The predicted molar refractivity (Wildman–Crippen MR) is 113 cm³/mol. The van der Waals surface area contributed by atoms with Gasteiger partial charge in [0.25, 0.3) is 0 Å². The van der Waals surface area contributed by atoms with Crippen LogP contribution in [0.4, 0.5) is 5.69 Å². The van der Waals surface area contributed by atoms with Crippen LogP contribution in [0.3, 0.4) is 0 Å². The lowest BCUT2D eigenvalue weighted by atomic mass is 10.2. The number of anilines is 1. The summed E-state index contributed by atoms with van der Waals surface area (Å²) in [5.41, 5.74) is 0.538. The number of sulfonamides is 1. The van der Waals surface area contributed by atoms with Crippen molar-refractivity contribution in [3.8, 4) is 5.75 Å². The van der Waals surface area contributed by atoms with Crippen LogP contribution in [0.15, 0.2) is 23.1 Å². The summed E-state index contributed by atoms with van der Waals surface area (Å²) in [6.45, 7) is 2.67. The van der Waals surface area contributed by atoms with Gasteiger partial charge in [0.2, 0.25) is 10.0 Å². The zero-order valence-corrected chi connectivity index (χ0v) is 18.0. The number of thiocarbonyl (C=S) groups is 1. The zero-order valence-electron chi connectivity index (χ0n) is 16.3. The van der Waals surface area contributed by atoms with E-state index < -0.39 is 10.0 Å². The number of ether oxygens (including phenoxy) is 1. The van der Waals surface area contributed by atoms with Crippen LogP contribution in [0.5, 0.6) is 5.75 Å². The van der Waals surface area contributed by atoms with Crippen LogP contribution < -0.4 is 15.4 Å². The van der Waals surface area contributed by atoms with E-state index >= 15 is 0 Å². The molecule has 9 heteroatoms. The number of hydrogen-bond acceptors (Lipinski definition) is 5. The van der Waals surface area contributed by atoms with Gasteiger partial charge in [-0.3, -0.25) is 0 Å². The van der Waals surface area contributed by atoms with Crippen molar-refractivity contribution in [2.75, 3.05) is 52.7 Å². The number of nitrogens with one attached hydrogen (secondary N) is 2. The van der Waals surface area contributed by atoms with Crippen molar-refractivity contribution in [3.05, 3.63) is 18.2 Å². The largest absolute Gasteiger partial charge is 0.495 e. The fourth-order valence-electron chi connectivity index (χ4n) is 2.94. The minimum absolute atomic E-state index is 0.254. The Kier molecular flexibility index (Phi) is 8.28. The zero-order chi connectivity index (χ0) is 19.9. The standard InChI is InChI=1S/C18H30N4O3S2/c1-21(2)13-10-19-18(26)20-16-14-15(8-9-17(16)25-3)27(23,24)22-11-6-4-5-7-12-22/h8-9,14H,4-7,10-13H2,1-3H3,(H2,19,20,26). The molecule has 0 aromatic heterocycles. The summed E-state index contributed by atoms with van der Waals surface area (Å²) in [6.07, 6.45) is 3.96. The van der Waals surface area contributed by atoms with Crippen molar-refractivity contribution in [1.82, 2.24) is 14.5 Å². The molecule has 2 rings (SSSR count). The first-order valence-electron chi connectivity index (χ1n) is 9.22. The molecule has 0 unspecified atom stereocenters. The van der Waals surface area contributed by atoms with Crippen LogP contribution in [-0.4, -0.2) is 70.1 Å². The van der Waals surface area contributed by atoms with Crippen molar-refractivity contribution < 1.29 is 13.2 Å². The summed E-state index contributed by atoms with van der Waals surface area (Å²) in [5, 5.41) is 6.59. The fourth-order valence-corrected chi connectivity index (χ4v) is 4.69. The molecule has 1 aromatic rings. The van der Waals surface area contributed by atoms with Crippen molar-refractivity contribution in [2.24, 2.45) is 0 Å². The topological polar surface area (TPSA) is 73.9 Å². The first kappa shape index (κ1) is 21.9. The van der Waals surface area contributed by atoms with Crippen molar-refractivity contribution in [2.45, 2.75) is 30.6 Å². The number of nitrogens with zero attached hydrogens (tertiary/aromatic N) is 2. The quantitative estimate of drug-likeness (QED) is 0.662. The average molecular weight is 415 g/mol. The lowest BCUT2D eigenvalue weighted by molar-refractivity contribution is 0.412. The van der Waals surface area contributed by atoms with Gasteiger partial charge in [0.05, 0.1) is 17.7 Å². The number of benzene rings is 1. The molecule has 1 heterocycles. The second-order valence-corrected chi connectivity index (χ2v) is 9.21. The first-order valence-corrected chi connectivity index (χ1v) is 11.1. The summed E-state index contributed by atoms with van der Waals surface area (Å²) >= 11 is 5.32. The summed E-state index contributed by atoms with van der Waals surface area (Å²) in [4.78, 5) is 2.30. The van der Waals surface area contributed by atoms with Gasteiger partial charge in [-0.1, -0.05) is 12.8 Å². The van der Waals surface area contributed by atoms with E-state index in [9.17, 15) is 8.42 Å². The van der Waals surface area contributed by atoms with E-state index in [0.29, 0.717) is 36.2 Å². The van der Waals surface area contributed by atoms with E-state index in [1.807, 2.05) is 19.0 Å². The first-order chi connectivity index (χ1) is 12.8. The molecule has 0 radical (unpaired) electrons. The maximum absolute atomic E-state index is 13.0. The van der Waals surface area contributed by atoms with E-state index in [4.69, 9.17) is 17.0 Å². The van der Waals surface area contributed by atoms with Gasteiger partial charge in [-0.15, -0.1) is 0 Å². The van der Waals surface area contributed by atoms with Crippen LogP contribution in [0.25, 0.3) is 0 Å². The summed E-state index contributed by atoms with van der Waals surface area (Å²) in [6, 6.07) is 4.85. The fraction of sp³-hybridized carbons (Fsp3) is 0.611. The Balaban J connectivity index is 2.17. The summed E-state index contributed by atoms with van der Waals surface area (Å²) in [5.74, 6) is 0.543. The molecule has 0 bridgehead atoms. The molecule has 0 amide bonds. The molecule has 1 aliphatic heterocycles. The van der Waals surface area contributed by atoms with Gasteiger partial charge in [0.15, 0.2) is 5.11 Å². The Morgan fingerprint density at radius 2 is 1.89 bits per heavy atom. The monoisotopic (exact) mass is 414 g/mol. The third kappa shape index (κ3) is 6.31. The lowest BCUT2D eigenvalue weighted by Crippen LogP contribution is -2.34. The average Bonchev–Trinajstić information content (AvgIpc) is 2.91. The van der Waals surface area contributed by atoms with E-state index in [1.54, 1.807) is 29.6 Å². The second kappa shape index (κ2) is 10.2. The number of rotatable bonds is 7. The van der Waals surface area contributed by atoms with E-state index in [0.717, 1.165) is 32.2 Å². The molecule has 0 spiro atoms. The minimum atomic E-state index is -3.53. The highest BCUT2D eigenvalue weighted by Crippen LogP contribution is 2.29. The predicted octanol–water partition coefficient (Wildman–Crippen LogP) is 2.11. The molecule has 1 aliphatic rings. The molecule has 0 saturated carbocycles. The Morgan fingerprint density at radius 1 is 1.22 bits per heavy atom. The molecule has 27 heavy (non-hydrogen) atoms. The summed E-state index contributed by atoms with van der Waals surface area (Å²) in [7, 11) is 1.99. The molecule has 1 saturated heterocycles. The van der Waals surface area contributed by atoms with Crippen LogP contribution in [-0.2, 0) is 10.0 Å². The van der Waals surface area contributed by atoms with Crippen molar-refractivity contribution >= 4 is 33.0 Å². The van der Waals surface area contributed by atoms with Gasteiger partial charge < -0.3 is 20.3 Å². The smallest absolute Gasteiger partial charge is 0.243 e. The second-order valence-electron chi connectivity index (χ2n) is 6.86. The number of likely N-dealkylation sites (N-methyl/N-ethyl adjacent to an activating group) is 1. The van der Waals surface area contributed by atoms with Crippen LogP contribution in [0.1, 0.15) is 25.7 Å². The molecule has 7 nitrogen and oxygen atoms in total. The molecule has 0 atom stereocenters. The normalized spacial score (nSPS) is 16.0. The Morgan fingerprint density at radius 3 is 2.48 bits per heavy atom. The van der Waals surface area contributed by atoms with Gasteiger partial charge in [-0.2, -0.15) is 4.31 Å². The third-order valence-corrected chi connectivity index (χ3v) is 6.61. The highest BCUT2D eigenvalue weighted by atomic mass is 32.2. The molecular formula is C18H30N4O3S2. The van der Waals surface area contributed by atoms with Crippen LogP contribution >= 0.6 is 12.2 Å². The molecular weight excluding hydrogens is 384 g/mol. The Labute approximate surface area is 168 Å². The van der Waals surface area contributed by atoms with Gasteiger partial charge >= 0.3 is 0 Å². The Hall–Kier alpha value is -1.42. The van der Waals surface area contributed by atoms with Gasteiger partial charge in [-0.25, -0.2) is 8.42 Å². The number of hydrogen-bond donors (Lipinski definition) is 2. The molecule has 1 fully saturated rings.